The number of sulfonamides is 1. The Bertz CT molecular complexity index is 1200. The van der Waals surface area contributed by atoms with E-state index in [9.17, 15) is 18.0 Å². The topological polar surface area (TPSA) is 86.8 Å². The van der Waals surface area contributed by atoms with E-state index in [2.05, 4.69) is 5.32 Å². The fourth-order valence-electron chi connectivity index (χ4n) is 4.58. The summed E-state index contributed by atoms with van der Waals surface area (Å²) in [6.07, 6.45) is 6.25. The van der Waals surface area contributed by atoms with Crippen LogP contribution in [0.2, 0.25) is 5.02 Å². The van der Waals surface area contributed by atoms with Crippen LogP contribution in [-0.2, 0) is 26.2 Å². The van der Waals surface area contributed by atoms with Crippen molar-refractivity contribution in [3.63, 3.8) is 0 Å². The number of hydrogen-bond acceptors (Lipinski definition) is 4. The molecule has 9 heteroatoms. The first-order valence-electron chi connectivity index (χ1n) is 12.4. The van der Waals surface area contributed by atoms with Crippen molar-refractivity contribution in [1.29, 1.82) is 0 Å². The average Bonchev–Trinajstić information content (AvgIpc) is 2.82. The van der Waals surface area contributed by atoms with Crippen molar-refractivity contribution < 1.29 is 18.0 Å². The lowest BCUT2D eigenvalue weighted by molar-refractivity contribution is -0.139. The third-order valence-electron chi connectivity index (χ3n) is 6.88. The molecule has 0 heterocycles. The summed E-state index contributed by atoms with van der Waals surface area (Å²) >= 11 is 6.16. The summed E-state index contributed by atoms with van der Waals surface area (Å²) in [6.45, 7) is 5.12. The molecule has 0 saturated heterocycles. The van der Waals surface area contributed by atoms with Gasteiger partial charge in [-0.2, -0.15) is 0 Å². The van der Waals surface area contributed by atoms with E-state index < -0.39 is 28.5 Å². The van der Waals surface area contributed by atoms with E-state index in [1.807, 2.05) is 26.0 Å². The SMILES string of the molecule is Cc1cccc(N(CC(=O)N(Cc2cccc(Cl)c2)[C@@H](C)C(=O)NC2CCCCC2)S(C)(=O)=O)c1C. The van der Waals surface area contributed by atoms with Gasteiger partial charge < -0.3 is 10.2 Å². The Morgan fingerprint density at radius 2 is 1.75 bits per heavy atom. The molecule has 0 unspecified atom stereocenters. The van der Waals surface area contributed by atoms with Crippen LogP contribution >= 0.6 is 11.6 Å². The molecule has 0 radical (unpaired) electrons. The van der Waals surface area contributed by atoms with Gasteiger partial charge in [0.15, 0.2) is 0 Å². The van der Waals surface area contributed by atoms with Crippen molar-refractivity contribution in [2.75, 3.05) is 17.1 Å². The summed E-state index contributed by atoms with van der Waals surface area (Å²) in [5, 5.41) is 3.61. The van der Waals surface area contributed by atoms with Gasteiger partial charge in [0.25, 0.3) is 0 Å². The number of hydrogen-bond donors (Lipinski definition) is 1. The second kappa shape index (κ2) is 12.1. The van der Waals surface area contributed by atoms with Crippen LogP contribution in [0, 0.1) is 13.8 Å². The van der Waals surface area contributed by atoms with E-state index in [0.717, 1.165) is 52.9 Å². The number of carbonyl (C=O) groups excluding carboxylic acids is 2. The van der Waals surface area contributed by atoms with Crippen molar-refractivity contribution in [3.05, 3.63) is 64.2 Å². The normalized spacial score (nSPS) is 15.2. The smallest absolute Gasteiger partial charge is 0.244 e. The van der Waals surface area contributed by atoms with Crippen LogP contribution in [0.15, 0.2) is 42.5 Å². The molecule has 1 saturated carbocycles. The molecule has 3 rings (SSSR count). The Hall–Kier alpha value is -2.58. The maximum Gasteiger partial charge on any atom is 0.244 e. The molecule has 2 aromatic carbocycles. The Labute approximate surface area is 219 Å². The maximum absolute atomic E-state index is 13.7. The molecule has 1 atom stereocenters. The molecule has 0 spiro atoms. The number of anilines is 1. The second-order valence-corrected chi connectivity index (χ2v) is 12.0. The van der Waals surface area contributed by atoms with Crippen LogP contribution in [0.5, 0.6) is 0 Å². The van der Waals surface area contributed by atoms with Crippen LogP contribution in [0.4, 0.5) is 5.69 Å². The lowest BCUT2D eigenvalue weighted by atomic mass is 9.95. The largest absolute Gasteiger partial charge is 0.352 e. The van der Waals surface area contributed by atoms with Crippen LogP contribution in [0.3, 0.4) is 0 Å². The Morgan fingerprint density at radius 1 is 1.08 bits per heavy atom. The van der Waals surface area contributed by atoms with Crippen LogP contribution in [-0.4, -0.2) is 50.0 Å². The number of halogens is 1. The van der Waals surface area contributed by atoms with Crippen molar-refractivity contribution in [2.45, 2.75) is 71.5 Å². The Morgan fingerprint density at radius 3 is 2.39 bits per heavy atom. The van der Waals surface area contributed by atoms with Gasteiger partial charge in [0.1, 0.15) is 12.6 Å². The molecule has 0 aromatic heterocycles. The monoisotopic (exact) mass is 533 g/mol. The van der Waals surface area contributed by atoms with Gasteiger partial charge in [-0.05, 0) is 68.5 Å². The number of rotatable bonds is 9. The molecule has 196 valence electrons. The minimum absolute atomic E-state index is 0.0966. The van der Waals surface area contributed by atoms with Gasteiger partial charge in [-0.25, -0.2) is 8.42 Å². The number of aryl methyl sites for hydroxylation is 1. The molecule has 2 aromatic rings. The number of amides is 2. The Kier molecular flexibility index (Phi) is 9.41. The van der Waals surface area contributed by atoms with E-state index in [0.29, 0.717) is 10.7 Å². The molecule has 1 aliphatic carbocycles. The standard InChI is InChI=1S/C27H36ClN3O4S/c1-19-10-8-15-25(20(19)2)31(36(4,34)35)18-26(32)30(17-22-11-9-12-23(28)16-22)21(3)27(33)29-24-13-6-5-7-14-24/h8-12,15-16,21,24H,5-7,13-14,17-18H2,1-4H3,(H,29,33)/t21-/m0/s1. The highest BCUT2D eigenvalue weighted by atomic mass is 35.5. The zero-order valence-electron chi connectivity index (χ0n) is 21.5. The van der Waals surface area contributed by atoms with E-state index in [-0.39, 0.29) is 18.5 Å². The van der Waals surface area contributed by atoms with Gasteiger partial charge in [-0.3, -0.25) is 13.9 Å². The van der Waals surface area contributed by atoms with Crippen LogP contribution < -0.4 is 9.62 Å². The van der Waals surface area contributed by atoms with Crippen LogP contribution in [0.25, 0.3) is 0 Å². The first kappa shape index (κ1) is 28.0. The van der Waals surface area contributed by atoms with Gasteiger partial charge in [0, 0.05) is 17.6 Å². The summed E-state index contributed by atoms with van der Waals surface area (Å²) in [5.41, 5.74) is 2.91. The van der Waals surface area contributed by atoms with Crippen molar-refractivity contribution >= 4 is 39.1 Å². The van der Waals surface area contributed by atoms with Gasteiger partial charge in [0.05, 0.1) is 11.9 Å². The molecule has 1 fully saturated rings. The second-order valence-electron chi connectivity index (χ2n) is 9.66. The van der Waals surface area contributed by atoms with Crippen molar-refractivity contribution in [3.8, 4) is 0 Å². The van der Waals surface area contributed by atoms with Gasteiger partial charge in [-0.1, -0.05) is 55.1 Å². The molecule has 0 bridgehead atoms. The van der Waals surface area contributed by atoms with Crippen molar-refractivity contribution in [1.82, 2.24) is 10.2 Å². The third-order valence-corrected chi connectivity index (χ3v) is 8.25. The number of benzene rings is 2. The predicted molar refractivity (Wildman–Crippen MR) is 145 cm³/mol. The average molecular weight is 534 g/mol. The highest BCUT2D eigenvalue weighted by molar-refractivity contribution is 7.92. The first-order valence-corrected chi connectivity index (χ1v) is 14.6. The number of nitrogens with one attached hydrogen (secondary N) is 1. The molecular weight excluding hydrogens is 498 g/mol. The van der Waals surface area contributed by atoms with E-state index >= 15 is 0 Å². The maximum atomic E-state index is 13.7. The molecular formula is C27H36ClN3O4S. The summed E-state index contributed by atoms with van der Waals surface area (Å²) < 4.78 is 26.7. The minimum atomic E-state index is -3.77. The number of nitrogens with zero attached hydrogens (tertiary/aromatic N) is 2. The van der Waals surface area contributed by atoms with E-state index in [1.165, 1.54) is 11.3 Å². The molecule has 7 nitrogen and oxygen atoms in total. The Balaban J connectivity index is 1.90. The molecule has 36 heavy (non-hydrogen) atoms. The van der Waals surface area contributed by atoms with Gasteiger partial charge in [0.2, 0.25) is 21.8 Å². The predicted octanol–water partition coefficient (Wildman–Crippen LogP) is 4.59. The third kappa shape index (κ3) is 7.23. The van der Waals surface area contributed by atoms with E-state index in [1.54, 1.807) is 37.3 Å². The van der Waals surface area contributed by atoms with Crippen LogP contribution in [0.1, 0.15) is 55.7 Å². The highest BCUT2D eigenvalue weighted by Crippen LogP contribution is 2.26. The summed E-state index contributed by atoms with van der Waals surface area (Å²) in [4.78, 5) is 28.3. The molecule has 1 aliphatic rings. The van der Waals surface area contributed by atoms with E-state index in [4.69, 9.17) is 11.6 Å². The number of carbonyl (C=O) groups is 2. The summed E-state index contributed by atoms with van der Waals surface area (Å²) in [7, 11) is -3.77. The first-order chi connectivity index (χ1) is 17.0. The van der Waals surface area contributed by atoms with Gasteiger partial charge >= 0.3 is 0 Å². The molecule has 1 N–H and O–H groups in total. The minimum Gasteiger partial charge on any atom is -0.352 e. The van der Waals surface area contributed by atoms with Gasteiger partial charge in [-0.15, -0.1) is 0 Å². The lowest BCUT2D eigenvalue weighted by Gasteiger charge is -2.33. The molecule has 0 aliphatic heterocycles. The zero-order valence-corrected chi connectivity index (χ0v) is 23.0. The van der Waals surface area contributed by atoms with Crippen molar-refractivity contribution in [2.24, 2.45) is 0 Å². The lowest BCUT2D eigenvalue weighted by Crippen LogP contribution is -2.53. The quantitative estimate of drug-likeness (QED) is 0.511. The fourth-order valence-corrected chi connectivity index (χ4v) is 5.70. The zero-order chi connectivity index (χ0) is 26.5. The summed E-state index contributed by atoms with van der Waals surface area (Å²) in [5.74, 6) is -0.706. The summed E-state index contributed by atoms with van der Waals surface area (Å²) in [6, 6.07) is 11.8. The fraction of sp³-hybridized carbons (Fsp3) is 0.481. The highest BCUT2D eigenvalue weighted by Gasteiger charge is 2.31. The molecule has 2 amide bonds.